The second-order valence-electron chi connectivity index (χ2n) is 4.16. The smallest absolute Gasteiger partial charge is 0.141 e. The molecule has 3 nitrogen and oxygen atoms in total. The molecule has 0 aliphatic rings. The van der Waals surface area contributed by atoms with Crippen molar-refractivity contribution in [1.29, 1.82) is 5.26 Å². The molecule has 1 rings (SSSR count). The van der Waals surface area contributed by atoms with Gasteiger partial charge in [0.15, 0.2) is 0 Å². The standard InChI is InChI=1S/C13H18N2O/c1-10(2)8-11(9-14)15-12-6-4-5-7-13(12)16-3/h4-7,10-11,15H,8H2,1-3H3. The first-order valence-electron chi connectivity index (χ1n) is 5.46. The molecule has 1 atom stereocenters. The molecule has 0 spiro atoms. The summed E-state index contributed by atoms with van der Waals surface area (Å²) >= 11 is 0. The van der Waals surface area contributed by atoms with E-state index in [-0.39, 0.29) is 6.04 Å². The Morgan fingerprint density at radius 3 is 2.62 bits per heavy atom. The van der Waals surface area contributed by atoms with Crippen molar-refractivity contribution in [1.82, 2.24) is 0 Å². The number of nitrogens with zero attached hydrogens (tertiary/aromatic N) is 1. The molecule has 0 heterocycles. The Morgan fingerprint density at radius 1 is 1.38 bits per heavy atom. The molecule has 0 aliphatic carbocycles. The summed E-state index contributed by atoms with van der Waals surface area (Å²) in [4.78, 5) is 0. The highest BCUT2D eigenvalue weighted by Gasteiger charge is 2.11. The molecule has 0 aliphatic heterocycles. The fraction of sp³-hybridized carbons (Fsp3) is 0.462. The van der Waals surface area contributed by atoms with Gasteiger partial charge < -0.3 is 10.1 Å². The third-order valence-electron chi connectivity index (χ3n) is 2.30. The van der Waals surface area contributed by atoms with Crippen LogP contribution in [-0.2, 0) is 0 Å². The molecule has 0 saturated heterocycles. The summed E-state index contributed by atoms with van der Waals surface area (Å²) in [6.07, 6.45) is 0.828. The summed E-state index contributed by atoms with van der Waals surface area (Å²) in [6, 6.07) is 9.73. The second-order valence-corrected chi connectivity index (χ2v) is 4.16. The lowest BCUT2D eigenvalue weighted by molar-refractivity contribution is 0.416. The fourth-order valence-corrected chi connectivity index (χ4v) is 1.57. The Kier molecular flexibility index (Phi) is 4.65. The first-order valence-corrected chi connectivity index (χ1v) is 5.46. The molecule has 16 heavy (non-hydrogen) atoms. The van der Waals surface area contributed by atoms with Gasteiger partial charge in [-0.2, -0.15) is 5.26 Å². The van der Waals surface area contributed by atoms with E-state index < -0.39 is 0 Å². The lowest BCUT2D eigenvalue weighted by Gasteiger charge is -2.16. The Balaban J connectivity index is 2.74. The van der Waals surface area contributed by atoms with E-state index in [9.17, 15) is 0 Å². The van der Waals surface area contributed by atoms with Gasteiger partial charge in [0, 0.05) is 0 Å². The zero-order valence-corrected chi connectivity index (χ0v) is 10.0. The highest BCUT2D eigenvalue weighted by molar-refractivity contribution is 5.57. The Labute approximate surface area is 97.0 Å². The van der Waals surface area contributed by atoms with E-state index in [4.69, 9.17) is 10.00 Å². The van der Waals surface area contributed by atoms with Crippen molar-refractivity contribution in [3.05, 3.63) is 24.3 Å². The molecule has 0 fully saturated rings. The number of para-hydroxylation sites is 2. The van der Waals surface area contributed by atoms with Crippen LogP contribution in [0.2, 0.25) is 0 Å². The maximum atomic E-state index is 9.05. The highest BCUT2D eigenvalue weighted by Crippen LogP contribution is 2.24. The van der Waals surface area contributed by atoms with Gasteiger partial charge in [0.05, 0.1) is 18.9 Å². The van der Waals surface area contributed by atoms with Crippen LogP contribution in [0.1, 0.15) is 20.3 Å². The Morgan fingerprint density at radius 2 is 2.06 bits per heavy atom. The number of anilines is 1. The summed E-state index contributed by atoms with van der Waals surface area (Å²) in [6.45, 7) is 4.21. The van der Waals surface area contributed by atoms with Gasteiger partial charge in [-0.1, -0.05) is 26.0 Å². The zero-order chi connectivity index (χ0) is 12.0. The summed E-state index contributed by atoms with van der Waals surface area (Å²) in [7, 11) is 1.63. The van der Waals surface area contributed by atoms with Crippen molar-refractivity contribution in [2.24, 2.45) is 5.92 Å². The van der Waals surface area contributed by atoms with Crippen LogP contribution in [0.25, 0.3) is 0 Å². The van der Waals surface area contributed by atoms with E-state index in [1.807, 2.05) is 24.3 Å². The summed E-state index contributed by atoms with van der Waals surface area (Å²) < 4.78 is 5.22. The summed E-state index contributed by atoms with van der Waals surface area (Å²) in [5, 5.41) is 12.2. The fourth-order valence-electron chi connectivity index (χ4n) is 1.57. The van der Waals surface area contributed by atoms with E-state index in [1.54, 1.807) is 7.11 Å². The number of nitrogens with one attached hydrogen (secondary N) is 1. The number of rotatable bonds is 5. The molecule has 0 aromatic heterocycles. The zero-order valence-electron chi connectivity index (χ0n) is 10.0. The van der Waals surface area contributed by atoms with Crippen molar-refractivity contribution < 1.29 is 4.74 Å². The molecule has 86 valence electrons. The molecular weight excluding hydrogens is 200 g/mol. The number of benzene rings is 1. The lowest BCUT2D eigenvalue weighted by atomic mass is 10.0. The molecular formula is C13H18N2O. The molecule has 0 saturated carbocycles. The number of methoxy groups -OCH3 is 1. The third-order valence-corrected chi connectivity index (χ3v) is 2.30. The minimum atomic E-state index is -0.170. The van der Waals surface area contributed by atoms with Gasteiger partial charge >= 0.3 is 0 Å². The Bertz CT molecular complexity index is 368. The minimum absolute atomic E-state index is 0.170. The molecule has 0 bridgehead atoms. The first-order chi connectivity index (χ1) is 7.67. The number of nitriles is 1. The van der Waals surface area contributed by atoms with Crippen LogP contribution in [0, 0.1) is 17.2 Å². The predicted molar refractivity (Wildman–Crippen MR) is 65.5 cm³/mol. The number of hydrogen-bond acceptors (Lipinski definition) is 3. The number of ether oxygens (including phenoxy) is 1. The molecule has 0 radical (unpaired) electrons. The predicted octanol–water partition coefficient (Wildman–Crippen LogP) is 3.05. The van der Waals surface area contributed by atoms with Gasteiger partial charge in [0.2, 0.25) is 0 Å². The Hall–Kier alpha value is -1.69. The lowest BCUT2D eigenvalue weighted by Crippen LogP contribution is -2.19. The molecule has 3 heteroatoms. The van der Waals surface area contributed by atoms with Gasteiger partial charge in [0.1, 0.15) is 11.8 Å². The van der Waals surface area contributed by atoms with Gasteiger partial charge in [-0.15, -0.1) is 0 Å². The molecule has 1 unspecified atom stereocenters. The van der Waals surface area contributed by atoms with E-state index in [2.05, 4.69) is 25.2 Å². The van der Waals surface area contributed by atoms with E-state index in [0.29, 0.717) is 5.92 Å². The van der Waals surface area contributed by atoms with Crippen LogP contribution in [0.5, 0.6) is 5.75 Å². The SMILES string of the molecule is COc1ccccc1NC(C#N)CC(C)C. The summed E-state index contributed by atoms with van der Waals surface area (Å²) in [5.74, 6) is 1.26. The van der Waals surface area contributed by atoms with Crippen LogP contribution in [-0.4, -0.2) is 13.2 Å². The molecule has 1 aromatic rings. The van der Waals surface area contributed by atoms with Crippen LogP contribution >= 0.6 is 0 Å². The average Bonchev–Trinajstić information content (AvgIpc) is 2.28. The monoisotopic (exact) mass is 218 g/mol. The van der Waals surface area contributed by atoms with E-state index in [1.165, 1.54) is 0 Å². The first kappa shape index (κ1) is 12.4. The molecule has 1 N–H and O–H groups in total. The van der Waals surface area contributed by atoms with Gasteiger partial charge in [0.25, 0.3) is 0 Å². The highest BCUT2D eigenvalue weighted by atomic mass is 16.5. The van der Waals surface area contributed by atoms with Crippen molar-refractivity contribution >= 4 is 5.69 Å². The van der Waals surface area contributed by atoms with Crippen LogP contribution in [0.3, 0.4) is 0 Å². The van der Waals surface area contributed by atoms with Crippen LogP contribution < -0.4 is 10.1 Å². The second kappa shape index (κ2) is 6.02. The molecule has 1 aromatic carbocycles. The van der Waals surface area contributed by atoms with Crippen LogP contribution in [0.15, 0.2) is 24.3 Å². The maximum absolute atomic E-state index is 9.05. The quantitative estimate of drug-likeness (QED) is 0.826. The topological polar surface area (TPSA) is 45.0 Å². The third kappa shape index (κ3) is 3.47. The largest absolute Gasteiger partial charge is 0.495 e. The van der Waals surface area contributed by atoms with E-state index in [0.717, 1.165) is 17.9 Å². The maximum Gasteiger partial charge on any atom is 0.141 e. The van der Waals surface area contributed by atoms with Crippen molar-refractivity contribution in [2.45, 2.75) is 26.3 Å². The number of hydrogen-bond donors (Lipinski definition) is 1. The minimum Gasteiger partial charge on any atom is -0.495 e. The van der Waals surface area contributed by atoms with Crippen molar-refractivity contribution in [2.75, 3.05) is 12.4 Å². The normalized spacial score (nSPS) is 11.9. The van der Waals surface area contributed by atoms with Gasteiger partial charge in [-0.25, -0.2) is 0 Å². The van der Waals surface area contributed by atoms with Crippen molar-refractivity contribution in [3.63, 3.8) is 0 Å². The average molecular weight is 218 g/mol. The van der Waals surface area contributed by atoms with Crippen LogP contribution in [0.4, 0.5) is 5.69 Å². The van der Waals surface area contributed by atoms with Gasteiger partial charge in [-0.3, -0.25) is 0 Å². The van der Waals surface area contributed by atoms with Gasteiger partial charge in [-0.05, 0) is 24.5 Å². The summed E-state index contributed by atoms with van der Waals surface area (Å²) in [5.41, 5.74) is 0.872. The van der Waals surface area contributed by atoms with Crippen molar-refractivity contribution in [3.8, 4) is 11.8 Å². The van der Waals surface area contributed by atoms with E-state index >= 15 is 0 Å². The molecule has 0 amide bonds.